The third kappa shape index (κ3) is 5.37. The van der Waals surface area contributed by atoms with Crippen LogP contribution < -0.4 is 10.2 Å². The summed E-state index contributed by atoms with van der Waals surface area (Å²) < 4.78 is 45.3. The van der Waals surface area contributed by atoms with Gasteiger partial charge in [-0.2, -0.15) is 13.2 Å². The van der Waals surface area contributed by atoms with E-state index >= 15 is 0 Å². The maximum absolute atomic E-state index is 13.2. The number of anilines is 2. The van der Waals surface area contributed by atoms with E-state index in [4.69, 9.17) is 27.6 Å². The van der Waals surface area contributed by atoms with E-state index in [1.807, 2.05) is 4.90 Å². The molecule has 0 unspecified atom stereocenters. The zero-order chi connectivity index (χ0) is 23.6. The fourth-order valence-corrected chi connectivity index (χ4v) is 4.05. The number of halogens is 5. The monoisotopic (exact) mass is 494 g/mol. The van der Waals surface area contributed by atoms with Crippen molar-refractivity contribution in [2.24, 2.45) is 0 Å². The van der Waals surface area contributed by atoms with E-state index in [1.54, 1.807) is 30.3 Å². The molecule has 1 saturated heterocycles. The standard InChI is InChI=1S/C24H19Cl2F3N2O2/c25-18-5-3-4-17(23(18)26)21-10-7-16(33-21)8-11-22(32)30-19-14-15(24(27,28)29)6-9-20(19)31-12-1-2-13-31/h3-11,14H,1-2,12-13H2,(H,30,32). The minimum atomic E-state index is -4.51. The van der Waals surface area contributed by atoms with Crippen molar-refractivity contribution >= 4 is 46.6 Å². The Hall–Kier alpha value is -2.90. The average molecular weight is 495 g/mol. The first-order valence-corrected chi connectivity index (χ1v) is 11.0. The average Bonchev–Trinajstić information content (AvgIpc) is 3.46. The summed E-state index contributed by atoms with van der Waals surface area (Å²) in [6, 6.07) is 11.9. The van der Waals surface area contributed by atoms with Crippen molar-refractivity contribution in [1.29, 1.82) is 0 Å². The molecule has 4 rings (SSSR count). The van der Waals surface area contributed by atoms with E-state index in [2.05, 4.69) is 5.32 Å². The number of amides is 1. The van der Waals surface area contributed by atoms with Crippen LogP contribution in [0.15, 0.2) is 59.0 Å². The zero-order valence-corrected chi connectivity index (χ0v) is 18.8. The maximum atomic E-state index is 13.2. The van der Waals surface area contributed by atoms with Gasteiger partial charge in [0.2, 0.25) is 5.91 Å². The van der Waals surface area contributed by atoms with E-state index in [-0.39, 0.29) is 5.69 Å². The zero-order valence-electron chi connectivity index (χ0n) is 17.3. The smallest absolute Gasteiger partial charge is 0.416 e. The molecule has 33 heavy (non-hydrogen) atoms. The highest BCUT2D eigenvalue weighted by Gasteiger charge is 2.32. The van der Waals surface area contributed by atoms with Crippen LogP contribution in [0.5, 0.6) is 0 Å². The Kier molecular flexibility index (Phi) is 6.72. The lowest BCUT2D eigenvalue weighted by Gasteiger charge is -2.22. The Labute approximate surface area is 198 Å². The van der Waals surface area contributed by atoms with Crippen LogP contribution in [0, 0.1) is 0 Å². The van der Waals surface area contributed by atoms with Crippen molar-refractivity contribution in [3.8, 4) is 11.3 Å². The van der Waals surface area contributed by atoms with E-state index in [1.165, 1.54) is 18.2 Å². The molecule has 1 fully saturated rings. The molecule has 9 heteroatoms. The van der Waals surface area contributed by atoms with Crippen LogP contribution in [0.2, 0.25) is 10.0 Å². The number of carbonyl (C=O) groups is 1. The molecule has 1 N–H and O–H groups in total. The number of nitrogens with zero attached hydrogens (tertiary/aromatic N) is 1. The summed E-state index contributed by atoms with van der Waals surface area (Å²) in [7, 11) is 0. The van der Waals surface area contributed by atoms with Gasteiger partial charge in [0, 0.05) is 24.7 Å². The van der Waals surface area contributed by atoms with Crippen molar-refractivity contribution in [1.82, 2.24) is 0 Å². The van der Waals surface area contributed by atoms with Crippen LogP contribution in [-0.4, -0.2) is 19.0 Å². The summed E-state index contributed by atoms with van der Waals surface area (Å²) in [5.41, 5.74) is 0.469. The second-order valence-corrected chi connectivity index (χ2v) is 8.33. The van der Waals surface area contributed by atoms with Crippen LogP contribution in [0.3, 0.4) is 0 Å². The highest BCUT2D eigenvalue weighted by atomic mass is 35.5. The molecule has 172 valence electrons. The van der Waals surface area contributed by atoms with Crippen LogP contribution in [0.4, 0.5) is 24.5 Å². The number of carbonyl (C=O) groups excluding carboxylic acids is 1. The highest BCUT2D eigenvalue weighted by Crippen LogP contribution is 2.37. The largest absolute Gasteiger partial charge is 0.457 e. The fraction of sp³-hybridized carbons (Fsp3) is 0.208. The predicted molar refractivity (Wildman–Crippen MR) is 125 cm³/mol. The van der Waals surface area contributed by atoms with E-state index in [9.17, 15) is 18.0 Å². The minimum Gasteiger partial charge on any atom is -0.457 e. The maximum Gasteiger partial charge on any atom is 0.416 e. The molecule has 1 aromatic heterocycles. The first-order valence-electron chi connectivity index (χ1n) is 10.2. The molecule has 0 saturated carbocycles. The third-order valence-corrected chi connectivity index (χ3v) is 6.09. The molecule has 0 spiro atoms. The molecule has 2 aromatic carbocycles. The summed E-state index contributed by atoms with van der Waals surface area (Å²) in [6.45, 7) is 1.45. The van der Waals surface area contributed by atoms with Gasteiger partial charge in [0.15, 0.2) is 0 Å². The molecular weight excluding hydrogens is 476 g/mol. The number of rotatable bonds is 5. The summed E-state index contributed by atoms with van der Waals surface area (Å²) in [6.07, 6.45) is 0.0270. The molecule has 1 aliphatic heterocycles. The molecule has 4 nitrogen and oxygen atoms in total. The number of hydrogen-bond acceptors (Lipinski definition) is 3. The summed E-state index contributed by atoms with van der Waals surface area (Å²) in [4.78, 5) is 14.5. The van der Waals surface area contributed by atoms with Crippen molar-refractivity contribution in [3.05, 3.63) is 76.0 Å². The molecule has 1 amide bonds. The number of benzene rings is 2. The van der Waals surface area contributed by atoms with Gasteiger partial charge in [-0.25, -0.2) is 0 Å². The molecule has 0 atom stereocenters. The highest BCUT2D eigenvalue weighted by molar-refractivity contribution is 6.43. The Morgan fingerprint density at radius 1 is 1.06 bits per heavy atom. The Morgan fingerprint density at radius 2 is 1.82 bits per heavy atom. The van der Waals surface area contributed by atoms with Gasteiger partial charge in [-0.1, -0.05) is 29.3 Å². The van der Waals surface area contributed by atoms with E-state index in [0.29, 0.717) is 32.8 Å². The summed E-state index contributed by atoms with van der Waals surface area (Å²) >= 11 is 12.2. The molecular formula is C24H19Cl2F3N2O2. The lowest BCUT2D eigenvalue weighted by Crippen LogP contribution is -2.21. The Balaban J connectivity index is 1.53. The van der Waals surface area contributed by atoms with Crippen LogP contribution in [0.25, 0.3) is 17.4 Å². The van der Waals surface area contributed by atoms with Gasteiger partial charge in [0.05, 0.1) is 27.0 Å². The topological polar surface area (TPSA) is 45.5 Å². The summed E-state index contributed by atoms with van der Waals surface area (Å²) in [5, 5.41) is 3.31. The lowest BCUT2D eigenvalue weighted by molar-refractivity contribution is -0.137. The molecule has 0 bridgehead atoms. The summed E-state index contributed by atoms with van der Waals surface area (Å²) in [5.74, 6) is 0.269. The number of furan rings is 1. The van der Waals surface area contributed by atoms with Gasteiger partial charge in [0.25, 0.3) is 0 Å². The van der Waals surface area contributed by atoms with Crippen molar-refractivity contribution in [2.45, 2.75) is 19.0 Å². The van der Waals surface area contributed by atoms with Gasteiger partial charge >= 0.3 is 6.18 Å². The first kappa shape index (κ1) is 23.3. The molecule has 3 aromatic rings. The van der Waals surface area contributed by atoms with Crippen LogP contribution >= 0.6 is 23.2 Å². The van der Waals surface area contributed by atoms with E-state index < -0.39 is 17.6 Å². The quantitative estimate of drug-likeness (QED) is 0.373. The first-order chi connectivity index (χ1) is 15.7. The van der Waals surface area contributed by atoms with Crippen molar-refractivity contribution < 1.29 is 22.4 Å². The van der Waals surface area contributed by atoms with Gasteiger partial charge < -0.3 is 14.6 Å². The lowest BCUT2D eigenvalue weighted by atomic mass is 10.1. The molecule has 0 aliphatic carbocycles. The van der Waals surface area contributed by atoms with Gasteiger partial charge in [-0.15, -0.1) is 0 Å². The van der Waals surface area contributed by atoms with Gasteiger partial charge in [-0.3, -0.25) is 4.79 Å². The number of nitrogens with one attached hydrogen (secondary N) is 1. The SMILES string of the molecule is O=C(C=Cc1ccc(-c2cccc(Cl)c2Cl)o1)Nc1cc(C(F)(F)F)ccc1N1CCCC1. The second kappa shape index (κ2) is 9.53. The molecule has 0 radical (unpaired) electrons. The van der Waals surface area contributed by atoms with Crippen LogP contribution in [0.1, 0.15) is 24.2 Å². The molecule has 2 heterocycles. The van der Waals surface area contributed by atoms with Crippen molar-refractivity contribution in [2.75, 3.05) is 23.3 Å². The Morgan fingerprint density at radius 3 is 2.55 bits per heavy atom. The van der Waals surface area contributed by atoms with Gasteiger partial charge in [-0.05, 0) is 61.4 Å². The van der Waals surface area contributed by atoms with Crippen molar-refractivity contribution in [3.63, 3.8) is 0 Å². The van der Waals surface area contributed by atoms with Crippen LogP contribution in [-0.2, 0) is 11.0 Å². The third-order valence-electron chi connectivity index (χ3n) is 5.27. The minimum absolute atomic E-state index is 0.118. The second-order valence-electron chi connectivity index (χ2n) is 7.55. The number of alkyl halides is 3. The van der Waals surface area contributed by atoms with E-state index in [0.717, 1.165) is 38.1 Å². The fourth-order valence-electron chi connectivity index (χ4n) is 3.66. The predicted octanol–water partition coefficient (Wildman–Crippen LogP) is 7.52. The molecule has 1 aliphatic rings. The van der Waals surface area contributed by atoms with Gasteiger partial charge in [0.1, 0.15) is 11.5 Å². The number of hydrogen-bond donors (Lipinski definition) is 1. The normalized spacial score (nSPS) is 14.3. The Bertz CT molecular complexity index is 1200.